The molecule has 2 atom stereocenters. The molecule has 1 fully saturated rings. The lowest BCUT2D eigenvalue weighted by molar-refractivity contribution is 0.0935. The molecule has 0 spiro atoms. The van der Waals surface area contributed by atoms with Crippen LogP contribution in [0.1, 0.15) is 48.0 Å². The predicted octanol–water partition coefficient (Wildman–Crippen LogP) is 0.882. The van der Waals surface area contributed by atoms with Gasteiger partial charge in [0.05, 0.1) is 11.4 Å². The summed E-state index contributed by atoms with van der Waals surface area (Å²) in [6.07, 6.45) is 2.09. The Morgan fingerprint density at radius 2 is 2.00 bits per heavy atom. The highest BCUT2D eigenvalue weighted by molar-refractivity contribution is 7.89. The standard InChI is InChI=1S/C13H21N3O4S/c1-4-21(18,19)16-11-6-5-10(7-11)14-13(17)12-8(2)15-20-9(12)3/h10-11,16H,4-7H2,1-3H3,(H,14,17)/t10-,11+/m1/s1. The van der Waals surface area contributed by atoms with E-state index in [0.29, 0.717) is 23.4 Å². The normalized spacial score (nSPS) is 22.4. The van der Waals surface area contributed by atoms with Gasteiger partial charge in [-0.25, -0.2) is 13.1 Å². The molecule has 1 saturated carbocycles. The van der Waals surface area contributed by atoms with Crippen molar-refractivity contribution in [2.24, 2.45) is 0 Å². The van der Waals surface area contributed by atoms with E-state index in [0.717, 1.165) is 12.8 Å². The van der Waals surface area contributed by atoms with Crippen molar-refractivity contribution in [2.45, 2.75) is 52.1 Å². The lowest BCUT2D eigenvalue weighted by Crippen LogP contribution is -2.37. The van der Waals surface area contributed by atoms with E-state index in [1.54, 1.807) is 20.8 Å². The van der Waals surface area contributed by atoms with Crippen LogP contribution < -0.4 is 10.0 Å². The second kappa shape index (κ2) is 6.15. The van der Waals surface area contributed by atoms with Gasteiger partial charge >= 0.3 is 0 Å². The van der Waals surface area contributed by atoms with Crippen LogP contribution in [0.4, 0.5) is 0 Å². The van der Waals surface area contributed by atoms with E-state index in [4.69, 9.17) is 4.52 Å². The van der Waals surface area contributed by atoms with Crippen LogP contribution in [-0.2, 0) is 10.0 Å². The summed E-state index contributed by atoms with van der Waals surface area (Å²) in [6.45, 7) is 5.02. The molecular weight excluding hydrogens is 294 g/mol. The highest BCUT2D eigenvalue weighted by atomic mass is 32.2. The number of hydrogen-bond acceptors (Lipinski definition) is 5. The van der Waals surface area contributed by atoms with Crippen LogP contribution in [-0.4, -0.2) is 37.3 Å². The Kier molecular flexibility index (Phi) is 4.67. The zero-order chi connectivity index (χ0) is 15.6. The summed E-state index contributed by atoms with van der Waals surface area (Å²) >= 11 is 0. The maximum absolute atomic E-state index is 12.2. The number of sulfonamides is 1. The molecular formula is C13H21N3O4S. The van der Waals surface area contributed by atoms with Gasteiger partial charge in [0.25, 0.3) is 5.91 Å². The minimum Gasteiger partial charge on any atom is -0.361 e. The molecule has 1 aromatic heterocycles. The third-order valence-electron chi connectivity index (χ3n) is 3.75. The monoisotopic (exact) mass is 315 g/mol. The van der Waals surface area contributed by atoms with E-state index in [9.17, 15) is 13.2 Å². The molecule has 21 heavy (non-hydrogen) atoms. The van der Waals surface area contributed by atoms with Crippen molar-refractivity contribution in [1.82, 2.24) is 15.2 Å². The molecule has 7 nitrogen and oxygen atoms in total. The molecule has 1 aromatic rings. The number of aromatic nitrogens is 1. The first-order valence-electron chi connectivity index (χ1n) is 7.06. The maximum Gasteiger partial charge on any atom is 0.257 e. The highest BCUT2D eigenvalue weighted by Crippen LogP contribution is 2.21. The van der Waals surface area contributed by atoms with Crippen LogP contribution in [0.5, 0.6) is 0 Å². The molecule has 0 unspecified atom stereocenters. The van der Waals surface area contributed by atoms with E-state index in [1.807, 2.05) is 0 Å². The van der Waals surface area contributed by atoms with Crippen molar-refractivity contribution in [2.75, 3.05) is 5.75 Å². The number of nitrogens with zero attached hydrogens (tertiary/aromatic N) is 1. The quantitative estimate of drug-likeness (QED) is 0.840. The molecule has 0 radical (unpaired) electrons. The Bertz CT molecular complexity index is 604. The number of nitrogens with one attached hydrogen (secondary N) is 2. The van der Waals surface area contributed by atoms with Crippen molar-refractivity contribution in [3.05, 3.63) is 17.0 Å². The summed E-state index contributed by atoms with van der Waals surface area (Å²) in [4.78, 5) is 12.2. The van der Waals surface area contributed by atoms with Crippen LogP contribution >= 0.6 is 0 Å². The average Bonchev–Trinajstić information content (AvgIpc) is 2.96. The summed E-state index contributed by atoms with van der Waals surface area (Å²) in [7, 11) is -3.20. The number of amides is 1. The van der Waals surface area contributed by atoms with Gasteiger partial charge in [-0.1, -0.05) is 5.16 Å². The number of hydrogen-bond donors (Lipinski definition) is 2. The topological polar surface area (TPSA) is 101 Å². The molecule has 1 amide bonds. The average molecular weight is 315 g/mol. The zero-order valence-corrected chi connectivity index (χ0v) is 13.3. The molecule has 1 heterocycles. The zero-order valence-electron chi connectivity index (χ0n) is 12.5. The SMILES string of the molecule is CCS(=O)(=O)N[C@H]1CC[C@@H](NC(=O)c2c(C)noc2C)C1. The minimum absolute atomic E-state index is 0.0317. The Morgan fingerprint density at radius 1 is 1.33 bits per heavy atom. The summed E-state index contributed by atoms with van der Waals surface area (Å²) < 4.78 is 30.7. The molecule has 0 bridgehead atoms. The van der Waals surface area contributed by atoms with E-state index >= 15 is 0 Å². The third kappa shape index (κ3) is 3.82. The second-order valence-electron chi connectivity index (χ2n) is 5.40. The molecule has 2 rings (SSSR count). The molecule has 8 heteroatoms. The van der Waals surface area contributed by atoms with Crippen LogP contribution in [0.2, 0.25) is 0 Å². The van der Waals surface area contributed by atoms with Crippen LogP contribution in [0.3, 0.4) is 0 Å². The van der Waals surface area contributed by atoms with Gasteiger partial charge in [-0.3, -0.25) is 4.79 Å². The molecule has 0 aliphatic heterocycles. The van der Waals surface area contributed by atoms with Gasteiger partial charge in [-0.05, 0) is 40.0 Å². The van der Waals surface area contributed by atoms with Crippen molar-refractivity contribution >= 4 is 15.9 Å². The first-order chi connectivity index (χ1) is 9.82. The molecule has 2 N–H and O–H groups in total. The summed E-state index contributed by atoms with van der Waals surface area (Å²) in [5, 5.41) is 6.68. The number of rotatable bonds is 5. The molecule has 118 valence electrons. The molecule has 1 aliphatic rings. The van der Waals surface area contributed by atoms with Gasteiger partial charge < -0.3 is 9.84 Å². The fraction of sp³-hybridized carbons (Fsp3) is 0.692. The molecule has 0 aromatic carbocycles. The van der Waals surface area contributed by atoms with E-state index in [2.05, 4.69) is 15.2 Å². The molecule has 0 saturated heterocycles. The van der Waals surface area contributed by atoms with E-state index in [1.165, 1.54) is 0 Å². The number of aryl methyl sites for hydroxylation is 2. The van der Waals surface area contributed by atoms with E-state index < -0.39 is 10.0 Å². The van der Waals surface area contributed by atoms with E-state index in [-0.39, 0.29) is 23.7 Å². The largest absolute Gasteiger partial charge is 0.361 e. The minimum atomic E-state index is -3.20. The smallest absolute Gasteiger partial charge is 0.257 e. The van der Waals surface area contributed by atoms with Gasteiger partial charge in [-0.15, -0.1) is 0 Å². The Balaban J connectivity index is 1.93. The second-order valence-corrected chi connectivity index (χ2v) is 7.44. The third-order valence-corrected chi connectivity index (χ3v) is 5.21. The van der Waals surface area contributed by atoms with Gasteiger partial charge in [-0.2, -0.15) is 0 Å². The van der Waals surface area contributed by atoms with Crippen LogP contribution in [0.25, 0.3) is 0 Å². The van der Waals surface area contributed by atoms with Crippen molar-refractivity contribution in [1.29, 1.82) is 0 Å². The lowest BCUT2D eigenvalue weighted by Gasteiger charge is -2.14. The number of carbonyl (C=O) groups excluding carboxylic acids is 1. The summed E-state index contributed by atoms with van der Waals surface area (Å²) in [5.41, 5.74) is 1.03. The first-order valence-corrected chi connectivity index (χ1v) is 8.71. The Labute approximate surface area is 124 Å². The predicted molar refractivity (Wildman–Crippen MR) is 77.5 cm³/mol. The fourth-order valence-electron chi connectivity index (χ4n) is 2.62. The molecule has 1 aliphatic carbocycles. The number of carbonyl (C=O) groups is 1. The van der Waals surface area contributed by atoms with Gasteiger partial charge in [0.1, 0.15) is 11.3 Å². The first kappa shape index (κ1) is 16.0. The van der Waals surface area contributed by atoms with Crippen molar-refractivity contribution in [3.8, 4) is 0 Å². The van der Waals surface area contributed by atoms with Crippen molar-refractivity contribution in [3.63, 3.8) is 0 Å². The lowest BCUT2D eigenvalue weighted by atomic mass is 10.1. The van der Waals surface area contributed by atoms with Crippen molar-refractivity contribution < 1.29 is 17.7 Å². The summed E-state index contributed by atoms with van der Waals surface area (Å²) in [5.74, 6) is 0.348. The Morgan fingerprint density at radius 3 is 2.57 bits per heavy atom. The van der Waals surface area contributed by atoms with Gasteiger partial charge in [0.2, 0.25) is 10.0 Å². The van der Waals surface area contributed by atoms with Gasteiger partial charge in [0.15, 0.2) is 0 Å². The maximum atomic E-state index is 12.2. The van der Waals surface area contributed by atoms with Gasteiger partial charge in [0, 0.05) is 12.1 Å². The van der Waals surface area contributed by atoms with Crippen LogP contribution in [0.15, 0.2) is 4.52 Å². The highest BCUT2D eigenvalue weighted by Gasteiger charge is 2.29. The van der Waals surface area contributed by atoms with Crippen LogP contribution in [0, 0.1) is 13.8 Å². The summed E-state index contributed by atoms with van der Waals surface area (Å²) in [6, 6.07) is -0.138. The fourth-order valence-corrected chi connectivity index (χ4v) is 3.51. The Hall–Kier alpha value is -1.41.